The number of hydrogen-bond acceptors (Lipinski definition) is 4. The number of nitrogens with zero attached hydrogens (tertiary/aromatic N) is 1. The predicted molar refractivity (Wildman–Crippen MR) is 93.5 cm³/mol. The molecular weight excluding hydrogens is 310 g/mol. The van der Waals surface area contributed by atoms with E-state index in [-0.39, 0.29) is 17.4 Å². The van der Waals surface area contributed by atoms with Crippen molar-refractivity contribution in [3.05, 3.63) is 35.9 Å². The molecule has 0 bridgehead atoms. The highest BCUT2D eigenvalue weighted by molar-refractivity contribution is 7.81. The van der Waals surface area contributed by atoms with Crippen molar-refractivity contribution in [1.29, 1.82) is 0 Å². The highest BCUT2D eigenvalue weighted by Gasteiger charge is 2.38. The summed E-state index contributed by atoms with van der Waals surface area (Å²) in [6.07, 6.45) is 1.12. The van der Waals surface area contributed by atoms with E-state index >= 15 is 0 Å². The van der Waals surface area contributed by atoms with Gasteiger partial charge in [-0.25, -0.2) is 4.79 Å². The molecule has 1 unspecified atom stereocenters. The quantitative estimate of drug-likeness (QED) is 0.506. The average Bonchev–Trinajstić information content (AvgIpc) is 2.96. The number of hydrogen-bond donors (Lipinski definition) is 2. The minimum atomic E-state index is -0.911. The Labute approximate surface area is 143 Å². The van der Waals surface area contributed by atoms with Gasteiger partial charge >= 0.3 is 6.09 Å². The number of rotatable bonds is 4. The molecule has 1 amide bonds. The Morgan fingerprint density at radius 2 is 2.22 bits per heavy atom. The summed E-state index contributed by atoms with van der Waals surface area (Å²) in [4.78, 5) is 13.7. The van der Waals surface area contributed by atoms with E-state index in [0.717, 1.165) is 18.4 Å². The number of benzene rings is 1. The fourth-order valence-electron chi connectivity index (χ4n) is 2.51. The third-order valence-electron chi connectivity index (χ3n) is 3.78. The van der Waals surface area contributed by atoms with Gasteiger partial charge in [-0.2, -0.15) is 12.6 Å². The zero-order valence-corrected chi connectivity index (χ0v) is 14.2. The molecule has 4 nitrogen and oxygen atoms in total. The second-order valence-corrected chi connectivity index (χ2v) is 6.39. The summed E-state index contributed by atoms with van der Waals surface area (Å²) in [7, 11) is 0. The van der Waals surface area contributed by atoms with Gasteiger partial charge < -0.3 is 14.7 Å². The van der Waals surface area contributed by atoms with Crippen LogP contribution >= 0.6 is 12.6 Å². The molecule has 23 heavy (non-hydrogen) atoms. The summed E-state index contributed by atoms with van der Waals surface area (Å²) < 4.78 is 5.25. The van der Waals surface area contributed by atoms with Gasteiger partial charge in [0.2, 0.25) is 0 Å². The molecule has 0 radical (unpaired) electrons. The van der Waals surface area contributed by atoms with Crippen LogP contribution in [0, 0.1) is 11.8 Å². The lowest BCUT2D eigenvalue weighted by atomic mass is 10.1. The summed E-state index contributed by atoms with van der Waals surface area (Å²) in [6, 6.07) is 9.10. The molecular formula is C18H23NO3S. The number of unbranched alkanes of at least 4 members (excludes halogenated alkanes) is 1. The van der Waals surface area contributed by atoms with E-state index in [1.807, 2.05) is 37.3 Å². The van der Waals surface area contributed by atoms with Gasteiger partial charge in [0.05, 0.1) is 12.6 Å². The molecule has 1 aromatic carbocycles. The van der Waals surface area contributed by atoms with Gasteiger partial charge in [-0.15, -0.1) is 0 Å². The van der Waals surface area contributed by atoms with Crippen LogP contribution in [0.25, 0.3) is 0 Å². The zero-order chi connectivity index (χ0) is 16.7. The Morgan fingerprint density at radius 3 is 2.91 bits per heavy atom. The van der Waals surface area contributed by atoms with Crippen molar-refractivity contribution in [1.82, 2.24) is 4.90 Å². The van der Waals surface area contributed by atoms with Gasteiger partial charge in [0, 0.05) is 17.4 Å². The minimum Gasteiger partial charge on any atom is -0.449 e. The first kappa shape index (κ1) is 17.7. The van der Waals surface area contributed by atoms with Gasteiger partial charge in [-0.1, -0.05) is 43.4 Å². The molecule has 0 saturated carbocycles. The van der Waals surface area contributed by atoms with Crippen LogP contribution in [0.4, 0.5) is 4.79 Å². The fourth-order valence-corrected chi connectivity index (χ4v) is 2.91. The van der Waals surface area contributed by atoms with Crippen molar-refractivity contribution >= 4 is 18.7 Å². The van der Waals surface area contributed by atoms with Crippen molar-refractivity contribution in [2.75, 3.05) is 13.2 Å². The number of aliphatic hydroxyl groups is 1. The fraction of sp³-hybridized carbons (Fsp3) is 0.500. The van der Waals surface area contributed by atoms with E-state index in [9.17, 15) is 9.90 Å². The lowest BCUT2D eigenvalue weighted by Crippen LogP contribution is -2.42. The topological polar surface area (TPSA) is 49.8 Å². The summed E-state index contributed by atoms with van der Waals surface area (Å²) in [5, 5.41) is 10.4. The Bertz CT molecular complexity index is 567. The van der Waals surface area contributed by atoms with E-state index in [0.29, 0.717) is 19.6 Å². The monoisotopic (exact) mass is 333 g/mol. The highest BCUT2D eigenvalue weighted by atomic mass is 32.1. The second-order valence-electron chi connectivity index (χ2n) is 5.66. The Balaban J connectivity index is 2.01. The maximum absolute atomic E-state index is 12.2. The summed E-state index contributed by atoms with van der Waals surface area (Å²) in [5.74, 6) is 5.78. The number of aliphatic hydroxyl groups excluding tert-OH is 1. The Kier molecular flexibility index (Phi) is 6.82. The van der Waals surface area contributed by atoms with E-state index < -0.39 is 6.10 Å². The molecule has 1 aliphatic rings. The van der Waals surface area contributed by atoms with Crippen LogP contribution in [0.15, 0.2) is 30.3 Å². The summed E-state index contributed by atoms with van der Waals surface area (Å²) in [5.41, 5.74) is 0.837. The number of carbonyl (C=O) groups excluding carboxylic acids is 1. The maximum Gasteiger partial charge on any atom is 0.410 e. The first-order chi connectivity index (χ1) is 11.1. The number of likely N-dealkylation sites (tertiary alicyclic amines) is 1. The molecule has 0 aromatic heterocycles. The standard InChI is InChI=1S/C18H23NO3S/c1-2-3-11-22-18(21)19-13-15(23)12-16(19)17(20)10-9-14-7-5-4-6-8-14/h4-8,15-17,20,23H,2-3,11-13H2,1H3/t15-,16+,17?/m1/s1. The van der Waals surface area contributed by atoms with Gasteiger partial charge in [0.1, 0.15) is 6.10 Å². The lowest BCUT2D eigenvalue weighted by Gasteiger charge is -2.25. The van der Waals surface area contributed by atoms with Crippen LogP contribution in [-0.2, 0) is 4.74 Å². The molecule has 1 fully saturated rings. The van der Waals surface area contributed by atoms with E-state index in [1.165, 1.54) is 0 Å². The number of thiol groups is 1. The molecule has 0 spiro atoms. The molecule has 1 heterocycles. The molecule has 5 heteroatoms. The molecule has 2 rings (SSSR count). The van der Waals surface area contributed by atoms with Crippen molar-refractivity contribution in [3.63, 3.8) is 0 Å². The van der Waals surface area contributed by atoms with Crippen molar-refractivity contribution in [2.45, 2.75) is 43.6 Å². The predicted octanol–water partition coefficient (Wildman–Crippen LogP) is 2.71. The molecule has 0 aliphatic carbocycles. The smallest absolute Gasteiger partial charge is 0.410 e. The van der Waals surface area contributed by atoms with E-state index in [4.69, 9.17) is 4.74 Å². The second kappa shape index (κ2) is 8.85. The van der Waals surface area contributed by atoms with Crippen LogP contribution < -0.4 is 0 Å². The van der Waals surface area contributed by atoms with Crippen molar-refractivity contribution in [2.24, 2.45) is 0 Å². The van der Waals surface area contributed by atoms with E-state index in [1.54, 1.807) is 4.90 Å². The lowest BCUT2D eigenvalue weighted by molar-refractivity contribution is 0.0697. The molecule has 1 aromatic rings. The zero-order valence-electron chi connectivity index (χ0n) is 13.3. The van der Waals surface area contributed by atoms with Crippen LogP contribution in [0.3, 0.4) is 0 Å². The average molecular weight is 333 g/mol. The van der Waals surface area contributed by atoms with Gasteiger partial charge in [0.25, 0.3) is 0 Å². The molecule has 124 valence electrons. The molecule has 1 saturated heterocycles. The molecule has 3 atom stereocenters. The van der Waals surface area contributed by atoms with E-state index in [2.05, 4.69) is 24.5 Å². The summed E-state index contributed by atoms with van der Waals surface area (Å²) >= 11 is 4.44. The Morgan fingerprint density at radius 1 is 1.48 bits per heavy atom. The van der Waals surface area contributed by atoms with Gasteiger partial charge in [-0.05, 0) is 25.0 Å². The van der Waals surface area contributed by atoms with Crippen LogP contribution in [-0.4, -0.2) is 46.6 Å². The van der Waals surface area contributed by atoms with Crippen LogP contribution in [0.2, 0.25) is 0 Å². The number of carbonyl (C=O) groups is 1. The Hall–Kier alpha value is -1.64. The van der Waals surface area contributed by atoms with Crippen molar-refractivity contribution in [3.8, 4) is 11.8 Å². The number of ether oxygens (including phenoxy) is 1. The van der Waals surface area contributed by atoms with Gasteiger partial charge in [-0.3, -0.25) is 0 Å². The first-order valence-electron chi connectivity index (χ1n) is 7.98. The third-order valence-corrected chi connectivity index (χ3v) is 4.16. The minimum absolute atomic E-state index is 0.0342. The SMILES string of the molecule is CCCCOC(=O)N1C[C@H](S)C[C@H]1C(O)C#Cc1ccccc1. The van der Waals surface area contributed by atoms with Crippen molar-refractivity contribution < 1.29 is 14.6 Å². The summed E-state index contributed by atoms with van der Waals surface area (Å²) in [6.45, 7) is 2.92. The number of amides is 1. The largest absolute Gasteiger partial charge is 0.449 e. The van der Waals surface area contributed by atoms with Crippen LogP contribution in [0.5, 0.6) is 0 Å². The van der Waals surface area contributed by atoms with Gasteiger partial charge in [0.15, 0.2) is 0 Å². The first-order valence-corrected chi connectivity index (χ1v) is 8.49. The highest BCUT2D eigenvalue weighted by Crippen LogP contribution is 2.25. The molecule has 1 N–H and O–H groups in total. The third kappa shape index (κ3) is 5.19. The normalized spacial score (nSPS) is 21.4. The maximum atomic E-state index is 12.2. The molecule has 1 aliphatic heterocycles. The van der Waals surface area contributed by atoms with Crippen LogP contribution in [0.1, 0.15) is 31.7 Å².